The van der Waals surface area contributed by atoms with Crippen molar-refractivity contribution < 1.29 is 18.3 Å². The molecule has 21 heavy (non-hydrogen) atoms. The monoisotopic (exact) mass is 310 g/mol. The van der Waals surface area contributed by atoms with Crippen LogP contribution in [0.3, 0.4) is 0 Å². The van der Waals surface area contributed by atoms with Crippen molar-refractivity contribution in [1.29, 1.82) is 5.26 Å². The van der Waals surface area contributed by atoms with Gasteiger partial charge < -0.3 is 5.11 Å². The van der Waals surface area contributed by atoms with Crippen molar-refractivity contribution in [2.45, 2.75) is 25.2 Å². The minimum Gasteiger partial charge on any atom is -0.481 e. The molecule has 7 heteroatoms. The van der Waals surface area contributed by atoms with E-state index >= 15 is 0 Å². The first kappa shape index (κ1) is 17.1. The molecule has 114 valence electrons. The summed E-state index contributed by atoms with van der Waals surface area (Å²) in [5, 5.41) is 17.8. The van der Waals surface area contributed by atoms with Crippen molar-refractivity contribution in [2.24, 2.45) is 11.8 Å². The topological polar surface area (TPSA) is 107 Å². The van der Waals surface area contributed by atoms with Crippen LogP contribution in [0.2, 0.25) is 0 Å². The van der Waals surface area contributed by atoms with Crippen molar-refractivity contribution in [3.63, 3.8) is 0 Å². The van der Waals surface area contributed by atoms with E-state index in [0.717, 1.165) is 0 Å². The van der Waals surface area contributed by atoms with Gasteiger partial charge in [-0.2, -0.15) is 5.26 Å². The summed E-state index contributed by atoms with van der Waals surface area (Å²) in [4.78, 5) is 11.1. The highest BCUT2D eigenvalue weighted by molar-refractivity contribution is 7.89. The molecule has 0 saturated carbocycles. The van der Waals surface area contributed by atoms with Gasteiger partial charge in [0.25, 0.3) is 0 Å². The first-order valence-corrected chi connectivity index (χ1v) is 7.97. The molecular weight excluding hydrogens is 292 g/mol. The highest BCUT2D eigenvalue weighted by Gasteiger charge is 2.22. The van der Waals surface area contributed by atoms with E-state index in [1.165, 1.54) is 24.3 Å². The zero-order valence-electron chi connectivity index (χ0n) is 11.9. The lowest BCUT2D eigenvalue weighted by Gasteiger charge is -2.15. The molecule has 0 radical (unpaired) electrons. The average Bonchev–Trinajstić information content (AvgIpc) is 2.43. The minimum atomic E-state index is -3.77. The van der Waals surface area contributed by atoms with E-state index in [1.807, 2.05) is 19.9 Å². The summed E-state index contributed by atoms with van der Waals surface area (Å²) in [7, 11) is -3.77. The normalized spacial score (nSPS) is 12.9. The lowest BCUT2D eigenvalue weighted by molar-refractivity contribution is -0.142. The number of sulfonamides is 1. The lowest BCUT2D eigenvalue weighted by Crippen LogP contribution is -2.33. The molecule has 0 bridgehead atoms. The molecular formula is C14H18N2O4S. The first-order valence-electron chi connectivity index (χ1n) is 6.49. The van der Waals surface area contributed by atoms with Crippen LogP contribution in [0.5, 0.6) is 0 Å². The zero-order valence-corrected chi connectivity index (χ0v) is 12.7. The van der Waals surface area contributed by atoms with Crippen LogP contribution in [0.1, 0.15) is 25.8 Å². The summed E-state index contributed by atoms with van der Waals surface area (Å²) < 4.78 is 26.4. The van der Waals surface area contributed by atoms with Crippen molar-refractivity contribution in [3.05, 3.63) is 29.8 Å². The third-order valence-electron chi connectivity index (χ3n) is 2.92. The fourth-order valence-corrected chi connectivity index (χ4v) is 2.92. The summed E-state index contributed by atoms with van der Waals surface area (Å²) in [5.41, 5.74) is 0.358. The summed E-state index contributed by atoms with van der Waals surface area (Å²) >= 11 is 0. The number of carboxylic acid groups (broad SMARTS) is 1. The number of nitrogens with zero attached hydrogens (tertiary/aromatic N) is 1. The van der Waals surface area contributed by atoms with Gasteiger partial charge in [0.2, 0.25) is 10.0 Å². The molecule has 0 aliphatic rings. The molecule has 1 atom stereocenters. The Labute approximate surface area is 124 Å². The molecule has 0 fully saturated rings. The molecule has 1 aromatic rings. The Hall–Kier alpha value is -1.91. The van der Waals surface area contributed by atoms with Gasteiger partial charge in [0.05, 0.1) is 22.4 Å². The van der Waals surface area contributed by atoms with Crippen molar-refractivity contribution in [1.82, 2.24) is 4.72 Å². The average molecular weight is 310 g/mol. The van der Waals surface area contributed by atoms with Crippen LogP contribution in [0.15, 0.2) is 29.2 Å². The Morgan fingerprint density at radius 2 is 1.90 bits per heavy atom. The number of carbonyl (C=O) groups is 1. The predicted octanol–water partition coefficient (Wildman–Crippen LogP) is 1.58. The molecule has 1 unspecified atom stereocenters. The maximum absolute atomic E-state index is 12.1. The van der Waals surface area contributed by atoms with E-state index < -0.39 is 21.9 Å². The number of carboxylic acids is 1. The smallest absolute Gasteiger partial charge is 0.307 e. The second kappa shape index (κ2) is 7.20. The molecule has 0 aromatic heterocycles. The van der Waals surface area contributed by atoms with E-state index in [9.17, 15) is 13.2 Å². The molecule has 1 rings (SSSR count). The molecule has 0 spiro atoms. The van der Waals surface area contributed by atoms with Gasteiger partial charge in [-0.1, -0.05) is 13.8 Å². The maximum Gasteiger partial charge on any atom is 0.307 e. The quantitative estimate of drug-likeness (QED) is 0.795. The number of nitrogens with one attached hydrogen (secondary N) is 1. The first-order chi connectivity index (χ1) is 9.76. The fourth-order valence-electron chi connectivity index (χ4n) is 1.84. The zero-order chi connectivity index (χ0) is 16.0. The summed E-state index contributed by atoms with van der Waals surface area (Å²) in [6.07, 6.45) is 0.394. The number of rotatable bonds is 7. The van der Waals surface area contributed by atoms with Gasteiger partial charge in [0, 0.05) is 6.54 Å². The number of hydrogen-bond acceptors (Lipinski definition) is 4. The van der Waals surface area contributed by atoms with Gasteiger partial charge in [0.15, 0.2) is 0 Å². The third kappa shape index (κ3) is 5.17. The van der Waals surface area contributed by atoms with Crippen LogP contribution < -0.4 is 4.72 Å². The standard InChI is InChI=1S/C14H18N2O4S/c1-10(2)7-12(14(17)18)9-16-21(19,20)13-5-3-11(8-15)4-6-13/h3-6,10,12,16H,7,9H2,1-2H3,(H,17,18). The molecule has 0 aliphatic heterocycles. The minimum absolute atomic E-state index is 0.00943. The number of nitriles is 1. The fraction of sp³-hybridized carbons (Fsp3) is 0.429. The van der Waals surface area contributed by atoms with Crippen LogP contribution in [-0.4, -0.2) is 26.0 Å². The number of hydrogen-bond donors (Lipinski definition) is 2. The van der Waals surface area contributed by atoms with Crippen molar-refractivity contribution in [3.8, 4) is 6.07 Å². The molecule has 6 nitrogen and oxygen atoms in total. The Bertz CT molecular complexity index is 630. The Kier molecular flexibility index (Phi) is 5.88. The van der Waals surface area contributed by atoms with E-state index in [2.05, 4.69) is 4.72 Å². The van der Waals surface area contributed by atoms with Crippen LogP contribution in [-0.2, 0) is 14.8 Å². The van der Waals surface area contributed by atoms with E-state index in [0.29, 0.717) is 12.0 Å². The van der Waals surface area contributed by atoms with Gasteiger partial charge in [-0.25, -0.2) is 13.1 Å². The Morgan fingerprint density at radius 1 is 1.33 bits per heavy atom. The summed E-state index contributed by atoms with van der Waals surface area (Å²) in [6, 6.07) is 7.34. The second-order valence-corrected chi connectivity index (χ2v) is 6.92. The lowest BCUT2D eigenvalue weighted by atomic mass is 9.98. The number of benzene rings is 1. The summed E-state index contributed by atoms with van der Waals surface area (Å²) in [6.45, 7) is 3.60. The highest BCUT2D eigenvalue weighted by Crippen LogP contribution is 2.14. The van der Waals surface area contributed by atoms with Crippen molar-refractivity contribution in [2.75, 3.05) is 6.54 Å². The summed E-state index contributed by atoms with van der Waals surface area (Å²) in [5.74, 6) is -1.63. The molecule has 0 heterocycles. The van der Waals surface area contributed by atoms with Crippen LogP contribution in [0.4, 0.5) is 0 Å². The van der Waals surface area contributed by atoms with E-state index in [-0.39, 0.29) is 17.4 Å². The van der Waals surface area contributed by atoms with E-state index in [1.54, 1.807) is 0 Å². The molecule has 0 aliphatic carbocycles. The van der Waals surface area contributed by atoms with Crippen molar-refractivity contribution >= 4 is 16.0 Å². The predicted molar refractivity (Wildman–Crippen MR) is 76.9 cm³/mol. The maximum atomic E-state index is 12.1. The van der Waals surface area contributed by atoms with Gasteiger partial charge in [0.1, 0.15) is 0 Å². The Balaban J connectivity index is 2.79. The van der Waals surface area contributed by atoms with Gasteiger partial charge in [-0.3, -0.25) is 4.79 Å². The molecule has 2 N–H and O–H groups in total. The molecule has 1 aromatic carbocycles. The van der Waals surface area contributed by atoms with Gasteiger partial charge in [-0.05, 0) is 36.6 Å². The van der Waals surface area contributed by atoms with Gasteiger partial charge in [-0.15, -0.1) is 0 Å². The SMILES string of the molecule is CC(C)CC(CNS(=O)(=O)c1ccc(C#N)cc1)C(=O)O. The highest BCUT2D eigenvalue weighted by atomic mass is 32.2. The van der Waals surface area contributed by atoms with E-state index in [4.69, 9.17) is 10.4 Å². The van der Waals surface area contributed by atoms with Gasteiger partial charge >= 0.3 is 5.97 Å². The number of aliphatic carboxylic acids is 1. The molecule has 0 amide bonds. The Morgan fingerprint density at radius 3 is 2.33 bits per heavy atom. The van der Waals surface area contributed by atoms with Crippen LogP contribution in [0, 0.1) is 23.2 Å². The molecule has 0 saturated heterocycles. The third-order valence-corrected chi connectivity index (χ3v) is 4.36. The second-order valence-electron chi connectivity index (χ2n) is 5.15. The largest absolute Gasteiger partial charge is 0.481 e. The van der Waals surface area contributed by atoms with Crippen LogP contribution >= 0.6 is 0 Å². The van der Waals surface area contributed by atoms with Crippen LogP contribution in [0.25, 0.3) is 0 Å².